The average molecular weight is 262 g/mol. The summed E-state index contributed by atoms with van der Waals surface area (Å²) < 4.78 is 5.51. The standard InChI is InChI=1S/C17H26O2/c1-7-13(6)17(18)19-16-9-14(11(2)3)8-15(10-16)12(4)5/h8-13H,7H2,1-6H3. The third-order valence-electron chi connectivity index (χ3n) is 3.52. The van der Waals surface area contributed by atoms with E-state index >= 15 is 0 Å². The van der Waals surface area contributed by atoms with Gasteiger partial charge in [0, 0.05) is 0 Å². The second-order valence-electron chi connectivity index (χ2n) is 5.88. The summed E-state index contributed by atoms with van der Waals surface area (Å²) in [4.78, 5) is 11.9. The number of carbonyl (C=O) groups excluding carboxylic acids is 1. The largest absolute Gasteiger partial charge is 0.426 e. The SMILES string of the molecule is CCC(C)C(=O)Oc1cc(C(C)C)cc(C(C)C)c1. The molecule has 0 fully saturated rings. The van der Waals surface area contributed by atoms with Crippen molar-refractivity contribution >= 4 is 5.97 Å². The Morgan fingerprint density at radius 2 is 1.47 bits per heavy atom. The van der Waals surface area contributed by atoms with Crippen molar-refractivity contribution in [3.05, 3.63) is 29.3 Å². The van der Waals surface area contributed by atoms with E-state index in [-0.39, 0.29) is 11.9 Å². The minimum atomic E-state index is -0.141. The lowest BCUT2D eigenvalue weighted by Gasteiger charge is -2.15. The molecule has 106 valence electrons. The van der Waals surface area contributed by atoms with Gasteiger partial charge in [-0.2, -0.15) is 0 Å². The van der Waals surface area contributed by atoms with Gasteiger partial charge in [0.2, 0.25) is 0 Å². The van der Waals surface area contributed by atoms with Crippen molar-refractivity contribution in [2.45, 2.75) is 59.8 Å². The van der Waals surface area contributed by atoms with E-state index in [0.29, 0.717) is 17.6 Å². The number of ether oxygens (including phenoxy) is 1. The van der Waals surface area contributed by atoms with Crippen molar-refractivity contribution in [2.24, 2.45) is 5.92 Å². The highest BCUT2D eigenvalue weighted by Crippen LogP contribution is 2.27. The maximum atomic E-state index is 11.9. The molecule has 2 heteroatoms. The molecule has 1 aromatic carbocycles. The van der Waals surface area contributed by atoms with Crippen molar-refractivity contribution in [2.75, 3.05) is 0 Å². The molecule has 19 heavy (non-hydrogen) atoms. The Kier molecular flexibility index (Phi) is 5.59. The predicted molar refractivity (Wildman–Crippen MR) is 79.7 cm³/mol. The van der Waals surface area contributed by atoms with Crippen LogP contribution in [0.15, 0.2) is 18.2 Å². The highest BCUT2D eigenvalue weighted by atomic mass is 16.5. The lowest BCUT2D eigenvalue weighted by molar-refractivity contribution is -0.138. The predicted octanol–water partition coefficient (Wildman–Crippen LogP) is 4.88. The van der Waals surface area contributed by atoms with Crippen LogP contribution in [0, 0.1) is 5.92 Å². The van der Waals surface area contributed by atoms with E-state index in [0.717, 1.165) is 6.42 Å². The van der Waals surface area contributed by atoms with Gasteiger partial charge in [-0.05, 0) is 41.5 Å². The quantitative estimate of drug-likeness (QED) is 0.558. The van der Waals surface area contributed by atoms with Crippen molar-refractivity contribution in [1.29, 1.82) is 0 Å². The lowest BCUT2D eigenvalue weighted by atomic mass is 9.95. The maximum absolute atomic E-state index is 11.9. The number of rotatable bonds is 5. The van der Waals surface area contributed by atoms with E-state index in [1.54, 1.807) is 0 Å². The van der Waals surface area contributed by atoms with Gasteiger partial charge in [0.1, 0.15) is 5.75 Å². The summed E-state index contributed by atoms with van der Waals surface area (Å²) in [5, 5.41) is 0. The summed E-state index contributed by atoms with van der Waals surface area (Å²) in [6.45, 7) is 12.5. The average Bonchev–Trinajstić information content (AvgIpc) is 2.37. The van der Waals surface area contributed by atoms with Crippen LogP contribution in [0.2, 0.25) is 0 Å². The van der Waals surface area contributed by atoms with Gasteiger partial charge in [0.25, 0.3) is 0 Å². The van der Waals surface area contributed by atoms with E-state index in [1.807, 2.05) is 26.0 Å². The molecule has 1 unspecified atom stereocenters. The van der Waals surface area contributed by atoms with E-state index in [9.17, 15) is 4.79 Å². The number of benzene rings is 1. The molecule has 0 aromatic heterocycles. The van der Waals surface area contributed by atoms with Gasteiger partial charge in [0.05, 0.1) is 5.92 Å². The molecule has 0 saturated carbocycles. The number of hydrogen-bond donors (Lipinski definition) is 0. The topological polar surface area (TPSA) is 26.3 Å². The van der Waals surface area contributed by atoms with Gasteiger partial charge in [0.15, 0.2) is 0 Å². The summed E-state index contributed by atoms with van der Waals surface area (Å²) in [6.07, 6.45) is 0.805. The zero-order valence-corrected chi connectivity index (χ0v) is 13.0. The monoisotopic (exact) mass is 262 g/mol. The lowest BCUT2D eigenvalue weighted by Crippen LogP contribution is -2.17. The first-order chi connectivity index (χ1) is 8.85. The fourth-order valence-electron chi connectivity index (χ4n) is 1.75. The van der Waals surface area contributed by atoms with Crippen LogP contribution in [0.3, 0.4) is 0 Å². The minimum Gasteiger partial charge on any atom is -0.426 e. The molecule has 1 aromatic rings. The zero-order chi connectivity index (χ0) is 14.6. The molecule has 0 aliphatic heterocycles. The van der Waals surface area contributed by atoms with Crippen LogP contribution >= 0.6 is 0 Å². The highest BCUT2D eigenvalue weighted by molar-refractivity contribution is 5.74. The van der Waals surface area contributed by atoms with Crippen molar-refractivity contribution in [1.82, 2.24) is 0 Å². The number of esters is 1. The second-order valence-corrected chi connectivity index (χ2v) is 5.88. The molecule has 0 aliphatic carbocycles. The summed E-state index contributed by atoms with van der Waals surface area (Å²) in [6, 6.07) is 6.17. The van der Waals surface area contributed by atoms with Gasteiger partial charge < -0.3 is 4.74 Å². The molecule has 0 radical (unpaired) electrons. The van der Waals surface area contributed by atoms with Crippen LogP contribution in [-0.4, -0.2) is 5.97 Å². The molecule has 0 bridgehead atoms. The fraction of sp³-hybridized carbons (Fsp3) is 0.588. The third kappa shape index (κ3) is 4.38. The summed E-state index contributed by atoms with van der Waals surface area (Å²) in [5.41, 5.74) is 2.44. The van der Waals surface area contributed by atoms with Crippen molar-refractivity contribution in [3.63, 3.8) is 0 Å². The highest BCUT2D eigenvalue weighted by Gasteiger charge is 2.15. The molecule has 0 amide bonds. The number of carbonyl (C=O) groups is 1. The molecular formula is C17H26O2. The Bertz CT molecular complexity index is 407. The molecule has 0 heterocycles. The van der Waals surface area contributed by atoms with Crippen molar-refractivity contribution in [3.8, 4) is 5.75 Å². The molecule has 0 N–H and O–H groups in total. The number of hydrogen-bond acceptors (Lipinski definition) is 2. The first-order valence-electron chi connectivity index (χ1n) is 7.21. The van der Waals surface area contributed by atoms with E-state index < -0.39 is 0 Å². The van der Waals surface area contributed by atoms with Gasteiger partial charge in [-0.15, -0.1) is 0 Å². The molecule has 0 aliphatic rings. The Balaban J connectivity index is 3.03. The Hall–Kier alpha value is -1.31. The second kappa shape index (κ2) is 6.74. The molecule has 1 rings (SSSR count). The van der Waals surface area contributed by atoms with Crippen molar-refractivity contribution < 1.29 is 9.53 Å². The van der Waals surface area contributed by atoms with Crippen LogP contribution in [0.1, 0.15) is 70.9 Å². The minimum absolute atomic E-state index is 0.0507. The van der Waals surface area contributed by atoms with Gasteiger partial charge in [-0.1, -0.05) is 47.6 Å². The van der Waals surface area contributed by atoms with Crippen LogP contribution in [-0.2, 0) is 4.79 Å². The maximum Gasteiger partial charge on any atom is 0.314 e. The molecule has 0 saturated heterocycles. The Morgan fingerprint density at radius 3 is 1.84 bits per heavy atom. The first-order valence-corrected chi connectivity index (χ1v) is 7.21. The van der Waals surface area contributed by atoms with E-state index in [1.165, 1.54) is 11.1 Å². The van der Waals surface area contributed by atoms with E-state index in [2.05, 4.69) is 33.8 Å². The first kappa shape index (κ1) is 15.7. The Morgan fingerprint density at radius 1 is 1.00 bits per heavy atom. The smallest absolute Gasteiger partial charge is 0.314 e. The summed E-state index contributed by atoms with van der Waals surface area (Å²) in [7, 11) is 0. The molecule has 1 atom stereocenters. The molecule has 2 nitrogen and oxygen atoms in total. The molecule has 0 spiro atoms. The van der Waals surface area contributed by atoms with Gasteiger partial charge in [-0.25, -0.2) is 0 Å². The van der Waals surface area contributed by atoms with Crippen LogP contribution in [0.5, 0.6) is 5.75 Å². The third-order valence-corrected chi connectivity index (χ3v) is 3.52. The van der Waals surface area contributed by atoms with Crippen LogP contribution in [0.4, 0.5) is 0 Å². The van der Waals surface area contributed by atoms with Gasteiger partial charge in [-0.3, -0.25) is 4.79 Å². The zero-order valence-electron chi connectivity index (χ0n) is 13.0. The normalized spacial score (nSPS) is 12.8. The Labute approximate surface area is 117 Å². The van der Waals surface area contributed by atoms with Crippen LogP contribution < -0.4 is 4.74 Å². The molecular weight excluding hydrogens is 236 g/mol. The summed E-state index contributed by atoms with van der Waals surface area (Å²) >= 11 is 0. The van der Waals surface area contributed by atoms with E-state index in [4.69, 9.17) is 4.74 Å². The van der Waals surface area contributed by atoms with Crippen LogP contribution in [0.25, 0.3) is 0 Å². The summed E-state index contributed by atoms with van der Waals surface area (Å²) in [5.74, 6) is 1.35. The fourth-order valence-corrected chi connectivity index (χ4v) is 1.75. The van der Waals surface area contributed by atoms with Gasteiger partial charge >= 0.3 is 5.97 Å².